The van der Waals surface area contributed by atoms with Gasteiger partial charge in [0.1, 0.15) is 11.6 Å². The van der Waals surface area contributed by atoms with E-state index in [2.05, 4.69) is 15.3 Å². The summed E-state index contributed by atoms with van der Waals surface area (Å²) < 4.78 is 19.8. The highest BCUT2D eigenvalue weighted by Crippen LogP contribution is 2.23. The largest absolute Gasteiger partial charge is 0.497 e. The zero-order chi connectivity index (χ0) is 19.5. The average molecular weight is 394 g/mol. The maximum atomic E-state index is 13.0. The fourth-order valence-electron chi connectivity index (χ4n) is 2.62. The Kier molecular flexibility index (Phi) is 5.03. The third-order valence-corrected chi connectivity index (χ3v) is 5.04. The van der Waals surface area contributed by atoms with Crippen LogP contribution in [0.1, 0.15) is 10.4 Å². The van der Waals surface area contributed by atoms with Crippen LogP contribution < -0.4 is 4.74 Å². The molecule has 8 heteroatoms. The Balaban J connectivity index is 1.55. The number of carbonyl (C=O) groups is 1. The smallest absolute Gasteiger partial charge is 0.212 e. The SMILES string of the molecule is COc1ccc(-c2ccc3nnc(SCC(=O)c4ccc(F)cc4)n3n2)cc1. The molecule has 0 radical (unpaired) electrons. The Morgan fingerprint density at radius 3 is 2.50 bits per heavy atom. The normalized spacial score (nSPS) is 10.9. The lowest BCUT2D eigenvalue weighted by atomic mass is 10.1. The first-order valence-corrected chi connectivity index (χ1v) is 9.41. The molecular weight excluding hydrogens is 379 g/mol. The van der Waals surface area contributed by atoms with Crippen LogP contribution in [0.15, 0.2) is 65.8 Å². The van der Waals surface area contributed by atoms with Crippen LogP contribution in [0.5, 0.6) is 5.75 Å². The van der Waals surface area contributed by atoms with Crippen molar-refractivity contribution >= 4 is 23.2 Å². The van der Waals surface area contributed by atoms with Crippen molar-refractivity contribution in [3.63, 3.8) is 0 Å². The van der Waals surface area contributed by atoms with Gasteiger partial charge < -0.3 is 4.74 Å². The fourth-order valence-corrected chi connectivity index (χ4v) is 3.41. The van der Waals surface area contributed by atoms with Crippen molar-refractivity contribution in [1.29, 1.82) is 0 Å². The molecule has 6 nitrogen and oxygen atoms in total. The van der Waals surface area contributed by atoms with Crippen LogP contribution in [0.3, 0.4) is 0 Å². The maximum absolute atomic E-state index is 13.0. The van der Waals surface area contributed by atoms with Gasteiger partial charge in [-0.2, -0.15) is 9.61 Å². The molecule has 2 aromatic heterocycles. The molecule has 2 heterocycles. The number of benzene rings is 2. The Morgan fingerprint density at radius 1 is 1.04 bits per heavy atom. The summed E-state index contributed by atoms with van der Waals surface area (Å²) >= 11 is 1.24. The van der Waals surface area contributed by atoms with E-state index in [0.29, 0.717) is 16.4 Å². The highest BCUT2D eigenvalue weighted by atomic mass is 32.2. The summed E-state index contributed by atoms with van der Waals surface area (Å²) in [6.45, 7) is 0. The van der Waals surface area contributed by atoms with E-state index < -0.39 is 0 Å². The quantitative estimate of drug-likeness (QED) is 0.365. The van der Waals surface area contributed by atoms with Crippen LogP contribution in [0.2, 0.25) is 0 Å². The topological polar surface area (TPSA) is 69.4 Å². The number of fused-ring (bicyclic) bond motifs is 1. The number of Topliss-reactive ketones (excluding diaryl/α,β-unsaturated/α-hetero) is 1. The summed E-state index contributed by atoms with van der Waals surface area (Å²) in [5.74, 6) is 0.432. The highest BCUT2D eigenvalue weighted by Gasteiger charge is 2.13. The summed E-state index contributed by atoms with van der Waals surface area (Å²) in [4.78, 5) is 12.3. The van der Waals surface area contributed by atoms with E-state index in [1.54, 1.807) is 11.6 Å². The lowest BCUT2D eigenvalue weighted by molar-refractivity contribution is 0.102. The number of aromatic nitrogens is 4. The minimum absolute atomic E-state index is 0.118. The Morgan fingerprint density at radius 2 is 1.79 bits per heavy atom. The third-order valence-electron chi connectivity index (χ3n) is 4.12. The van der Waals surface area contributed by atoms with Crippen LogP contribution in [0.25, 0.3) is 16.9 Å². The molecule has 0 saturated carbocycles. The number of carbonyl (C=O) groups excluding carboxylic acids is 1. The highest BCUT2D eigenvalue weighted by molar-refractivity contribution is 7.99. The first-order valence-electron chi connectivity index (χ1n) is 8.42. The van der Waals surface area contributed by atoms with Crippen molar-refractivity contribution in [1.82, 2.24) is 19.8 Å². The van der Waals surface area contributed by atoms with Crippen LogP contribution in [-0.2, 0) is 0 Å². The van der Waals surface area contributed by atoms with E-state index in [0.717, 1.165) is 17.0 Å². The van der Waals surface area contributed by atoms with Gasteiger partial charge in [-0.1, -0.05) is 11.8 Å². The van der Waals surface area contributed by atoms with Gasteiger partial charge in [0.2, 0.25) is 5.16 Å². The van der Waals surface area contributed by atoms with Crippen LogP contribution in [0, 0.1) is 5.82 Å². The maximum Gasteiger partial charge on any atom is 0.212 e. The van der Waals surface area contributed by atoms with Crippen LogP contribution >= 0.6 is 11.8 Å². The molecule has 0 aliphatic heterocycles. The minimum atomic E-state index is -0.372. The summed E-state index contributed by atoms with van der Waals surface area (Å²) in [6, 6.07) is 16.7. The van der Waals surface area contributed by atoms with Crippen molar-refractivity contribution in [2.45, 2.75) is 5.16 Å². The standard InChI is InChI=1S/C20H15FN4O2S/c1-27-16-8-4-13(5-9-16)17-10-11-19-22-23-20(25(19)24-17)28-12-18(26)14-2-6-15(21)7-3-14/h2-11H,12H2,1H3. The zero-order valence-corrected chi connectivity index (χ0v) is 15.7. The number of hydrogen-bond donors (Lipinski definition) is 0. The number of nitrogens with zero attached hydrogens (tertiary/aromatic N) is 4. The fraction of sp³-hybridized carbons (Fsp3) is 0.100. The molecule has 0 aliphatic carbocycles. The van der Waals surface area contributed by atoms with Crippen molar-refractivity contribution in [2.75, 3.05) is 12.9 Å². The van der Waals surface area contributed by atoms with Gasteiger partial charge in [0.25, 0.3) is 0 Å². The number of ketones is 1. The summed E-state index contributed by atoms with van der Waals surface area (Å²) in [5, 5.41) is 13.3. The van der Waals surface area contributed by atoms with Crippen LogP contribution in [0.4, 0.5) is 4.39 Å². The molecule has 0 bridgehead atoms. The molecule has 2 aromatic carbocycles. The molecule has 28 heavy (non-hydrogen) atoms. The van der Waals surface area contributed by atoms with Gasteiger partial charge >= 0.3 is 0 Å². The van der Waals surface area contributed by atoms with Crippen LogP contribution in [-0.4, -0.2) is 38.5 Å². The molecule has 4 rings (SSSR count). The third kappa shape index (κ3) is 3.72. The predicted molar refractivity (Wildman–Crippen MR) is 104 cm³/mol. The number of thioether (sulfide) groups is 1. The summed E-state index contributed by atoms with van der Waals surface area (Å²) in [7, 11) is 1.62. The second kappa shape index (κ2) is 7.77. The second-order valence-electron chi connectivity index (χ2n) is 5.92. The Hall–Kier alpha value is -3.26. The van der Waals surface area contributed by atoms with E-state index >= 15 is 0 Å². The summed E-state index contributed by atoms with van der Waals surface area (Å²) in [5.41, 5.74) is 2.72. The second-order valence-corrected chi connectivity index (χ2v) is 6.86. The van der Waals surface area contributed by atoms with E-state index in [-0.39, 0.29) is 17.4 Å². The molecule has 140 valence electrons. The van der Waals surface area contributed by atoms with E-state index in [1.165, 1.54) is 36.0 Å². The molecule has 0 atom stereocenters. The first kappa shape index (κ1) is 18.1. The molecule has 0 saturated heterocycles. The molecule has 0 aliphatic rings. The number of methoxy groups -OCH3 is 1. The monoisotopic (exact) mass is 394 g/mol. The minimum Gasteiger partial charge on any atom is -0.497 e. The number of halogens is 1. The number of ether oxygens (including phenoxy) is 1. The lowest BCUT2D eigenvalue weighted by Gasteiger charge is -2.04. The van der Waals surface area contributed by atoms with Crippen molar-refractivity contribution < 1.29 is 13.9 Å². The van der Waals surface area contributed by atoms with Gasteiger partial charge in [-0.15, -0.1) is 10.2 Å². The van der Waals surface area contributed by atoms with Gasteiger partial charge in [-0.05, 0) is 60.7 Å². The molecule has 0 N–H and O–H groups in total. The molecule has 4 aromatic rings. The van der Waals surface area contributed by atoms with Gasteiger partial charge in [-0.3, -0.25) is 4.79 Å². The van der Waals surface area contributed by atoms with Gasteiger partial charge in [0, 0.05) is 11.1 Å². The molecule has 0 amide bonds. The van der Waals surface area contributed by atoms with E-state index in [1.807, 2.05) is 36.4 Å². The summed E-state index contributed by atoms with van der Waals surface area (Å²) in [6.07, 6.45) is 0. The van der Waals surface area contributed by atoms with Gasteiger partial charge in [0.05, 0.1) is 18.6 Å². The van der Waals surface area contributed by atoms with Crippen molar-refractivity contribution in [3.05, 3.63) is 72.0 Å². The molecule has 0 spiro atoms. The Labute approximate surface area is 164 Å². The van der Waals surface area contributed by atoms with Crippen molar-refractivity contribution in [3.8, 4) is 17.0 Å². The Bertz CT molecular complexity index is 1130. The predicted octanol–water partition coefficient (Wildman–Crippen LogP) is 3.91. The zero-order valence-electron chi connectivity index (χ0n) is 14.9. The van der Waals surface area contributed by atoms with Gasteiger partial charge in [0.15, 0.2) is 11.4 Å². The number of rotatable bonds is 6. The van der Waals surface area contributed by atoms with Crippen molar-refractivity contribution in [2.24, 2.45) is 0 Å². The molecule has 0 fully saturated rings. The van der Waals surface area contributed by atoms with E-state index in [4.69, 9.17) is 4.74 Å². The first-order chi connectivity index (χ1) is 13.6. The average Bonchev–Trinajstić information content (AvgIpc) is 3.15. The molecule has 0 unspecified atom stereocenters. The van der Waals surface area contributed by atoms with Gasteiger partial charge in [-0.25, -0.2) is 4.39 Å². The molecular formula is C20H15FN4O2S. The van der Waals surface area contributed by atoms with E-state index in [9.17, 15) is 9.18 Å². The number of hydrogen-bond acceptors (Lipinski definition) is 6. The lowest BCUT2D eigenvalue weighted by Crippen LogP contribution is -2.04.